The van der Waals surface area contributed by atoms with Gasteiger partial charge >= 0.3 is 5.97 Å². The first kappa shape index (κ1) is 10.6. The van der Waals surface area contributed by atoms with Crippen LogP contribution in [0.5, 0.6) is 0 Å². The zero-order valence-corrected chi connectivity index (χ0v) is 8.30. The minimum Gasteiger partial charge on any atom is -0.478 e. The van der Waals surface area contributed by atoms with Gasteiger partial charge in [-0.2, -0.15) is 5.26 Å². The maximum absolute atomic E-state index is 10.8. The predicted octanol–water partition coefficient (Wildman–Crippen LogP) is 2.30. The summed E-state index contributed by atoms with van der Waals surface area (Å²) in [5.41, 5.74) is 1.56. The Balaban J connectivity index is 3.49. The van der Waals surface area contributed by atoms with Crippen LogP contribution >= 0.6 is 11.6 Å². The fourth-order valence-electron chi connectivity index (χ4n) is 1.25. The highest BCUT2D eigenvalue weighted by atomic mass is 35.5. The highest BCUT2D eigenvalue weighted by Gasteiger charge is 2.13. The number of carbonyl (C=O) groups is 1. The first-order chi connectivity index (χ1) is 6.60. The third-order valence-corrected chi connectivity index (χ3v) is 2.15. The van der Waals surface area contributed by atoms with Gasteiger partial charge in [0.2, 0.25) is 0 Å². The summed E-state index contributed by atoms with van der Waals surface area (Å²) in [6.45, 7) is 1.74. The molecule has 0 amide bonds. The Morgan fingerprint density at radius 3 is 2.71 bits per heavy atom. The van der Waals surface area contributed by atoms with E-state index in [9.17, 15) is 4.79 Å². The first-order valence-electron chi connectivity index (χ1n) is 3.93. The van der Waals surface area contributed by atoms with E-state index in [4.69, 9.17) is 22.0 Å². The highest BCUT2D eigenvalue weighted by Crippen LogP contribution is 2.19. The first-order valence-corrected chi connectivity index (χ1v) is 4.46. The number of rotatable bonds is 2. The minimum atomic E-state index is -1.05. The van der Waals surface area contributed by atoms with Crippen LogP contribution in [0, 0.1) is 18.3 Å². The third kappa shape index (κ3) is 1.86. The van der Waals surface area contributed by atoms with Gasteiger partial charge in [-0.3, -0.25) is 0 Å². The van der Waals surface area contributed by atoms with Crippen LogP contribution in [0.1, 0.15) is 27.0 Å². The standard InChI is InChI=1S/C10H8ClNO2/c1-6-2-7(5-12)9(4-11)8(3-6)10(13)14/h2-3H,4H2,1H3,(H,13,14). The van der Waals surface area contributed by atoms with Crippen molar-refractivity contribution in [3.63, 3.8) is 0 Å². The van der Waals surface area contributed by atoms with Crippen molar-refractivity contribution >= 4 is 17.6 Å². The van der Waals surface area contributed by atoms with Gasteiger partial charge in [0.15, 0.2) is 0 Å². The quantitative estimate of drug-likeness (QED) is 0.761. The molecule has 0 unspecified atom stereocenters. The number of halogens is 1. The van der Waals surface area contributed by atoms with Crippen molar-refractivity contribution in [3.8, 4) is 6.07 Å². The number of aromatic carboxylic acids is 1. The molecule has 0 aliphatic heterocycles. The van der Waals surface area contributed by atoms with Gasteiger partial charge in [-0.25, -0.2) is 4.79 Å². The van der Waals surface area contributed by atoms with Gasteiger partial charge in [-0.05, 0) is 30.2 Å². The summed E-state index contributed by atoms with van der Waals surface area (Å²) in [6.07, 6.45) is 0. The van der Waals surface area contributed by atoms with Crippen LogP contribution in [0.3, 0.4) is 0 Å². The molecule has 4 heteroatoms. The van der Waals surface area contributed by atoms with Crippen LogP contribution in [-0.4, -0.2) is 11.1 Å². The van der Waals surface area contributed by atoms with Gasteiger partial charge in [0.1, 0.15) is 0 Å². The number of carboxylic acid groups (broad SMARTS) is 1. The van der Waals surface area contributed by atoms with Crippen LogP contribution in [-0.2, 0) is 5.88 Å². The molecule has 0 atom stereocenters. The molecule has 0 saturated carbocycles. The number of benzene rings is 1. The lowest BCUT2D eigenvalue weighted by Crippen LogP contribution is -2.04. The van der Waals surface area contributed by atoms with Crippen LogP contribution in [0.15, 0.2) is 12.1 Å². The fraction of sp³-hybridized carbons (Fsp3) is 0.200. The molecule has 1 aromatic rings. The van der Waals surface area contributed by atoms with E-state index < -0.39 is 5.97 Å². The van der Waals surface area contributed by atoms with Crippen LogP contribution in [0.4, 0.5) is 0 Å². The summed E-state index contributed by atoms with van der Waals surface area (Å²) in [7, 11) is 0. The van der Waals surface area contributed by atoms with Crippen LogP contribution < -0.4 is 0 Å². The largest absolute Gasteiger partial charge is 0.478 e. The zero-order chi connectivity index (χ0) is 10.7. The van der Waals surface area contributed by atoms with Crippen LogP contribution in [0.2, 0.25) is 0 Å². The van der Waals surface area contributed by atoms with E-state index in [1.807, 2.05) is 6.07 Å². The second kappa shape index (κ2) is 4.12. The molecular weight excluding hydrogens is 202 g/mol. The normalized spacial score (nSPS) is 9.50. The molecular formula is C10H8ClNO2. The fourth-order valence-corrected chi connectivity index (χ4v) is 1.54. The lowest BCUT2D eigenvalue weighted by Gasteiger charge is -2.06. The molecule has 1 N–H and O–H groups in total. The molecule has 1 aromatic carbocycles. The average molecular weight is 210 g/mol. The Hall–Kier alpha value is -1.53. The Morgan fingerprint density at radius 2 is 2.29 bits per heavy atom. The summed E-state index contributed by atoms with van der Waals surface area (Å²) in [4.78, 5) is 10.8. The zero-order valence-electron chi connectivity index (χ0n) is 7.54. The number of hydrogen-bond acceptors (Lipinski definition) is 2. The molecule has 0 heterocycles. The van der Waals surface area contributed by atoms with Crippen molar-refractivity contribution in [1.82, 2.24) is 0 Å². The summed E-state index contributed by atoms with van der Waals surface area (Å²) in [5.74, 6) is -1.02. The Bertz CT molecular complexity index is 421. The number of nitrogens with zero attached hydrogens (tertiary/aromatic N) is 1. The van der Waals surface area contributed by atoms with E-state index in [-0.39, 0.29) is 11.4 Å². The molecule has 0 aliphatic rings. The molecule has 1 rings (SSSR count). The molecule has 3 nitrogen and oxygen atoms in total. The number of carboxylic acids is 1. The Labute approximate surface area is 86.5 Å². The molecule has 0 fully saturated rings. The monoisotopic (exact) mass is 209 g/mol. The number of alkyl halides is 1. The molecule has 0 saturated heterocycles. The summed E-state index contributed by atoms with van der Waals surface area (Å²) in [6, 6.07) is 5.08. The second-order valence-corrected chi connectivity index (χ2v) is 3.16. The van der Waals surface area contributed by atoms with Gasteiger partial charge < -0.3 is 5.11 Å². The Kier molecular flexibility index (Phi) is 3.10. The smallest absolute Gasteiger partial charge is 0.336 e. The predicted molar refractivity (Wildman–Crippen MR) is 52.4 cm³/mol. The van der Waals surface area contributed by atoms with Crippen molar-refractivity contribution in [3.05, 3.63) is 34.4 Å². The van der Waals surface area contributed by atoms with Crippen LogP contribution in [0.25, 0.3) is 0 Å². The van der Waals surface area contributed by atoms with E-state index in [2.05, 4.69) is 0 Å². The second-order valence-electron chi connectivity index (χ2n) is 2.89. The number of nitriles is 1. The van der Waals surface area contributed by atoms with Crippen molar-refractivity contribution in [2.24, 2.45) is 0 Å². The van der Waals surface area contributed by atoms with E-state index in [0.29, 0.717) is 11.1 Å². The SMILES string of the molecule is Cc1cc(C#N)c(CCl)c(C(=O)O)c1. The van der Waals surface area contributed by atoms with E-state index in [0.717, 1.165) is 5.56 Å². The lowest BCUT2D eigenvalue weighted by molar-refractivity contribution is 0.0696. The molecule has 72 valence electrons. The van der Waals surface area contributed by atoms with Crippen molar-refractivity contribution < 1.29 is 9.90 Å². The third-order valence-electron chi connectivity index (χ3n) is 1.88. The maximum atomic E-state index is 10.8. The van der Waals surface area contributed by atoms with Gasteiger partial charge in [-0.15, -0.1) is 11.6 Å². The highest BCUT2D eigenvalue weighted by molar-refractivity contribution is 6.17. The molecule has 0 radical (unpaired) electrons. The molecule has 0 aliphatic carbocycles. The summed E-state index contributed by atoms with van der Waals surface area (Å²) < 4.78 is 0. The van der Waals surface area contributed by atoms with Gasteiger partial charge in [-0.1, -0.05) is 0 Å². The van der Waals surface area contributed by atoms with E-state index in [1.54, 1.807) is 13.0 Å². The summed E-state index contributed by atoms with van der Waals surface area (Å²) in [5, 5.41) is 17.7. The van der Waals surface area contributed by atoms with Crippen molar-refractivity contribution in [2.45, 2.75) is 12.8 Å². The van der Waals surface area contributed by atoms with Crippen molar-refractivity contribution in [2.75, 3.05) is 0 Å². The molecule has 0 aromatic heterocycles. The molecule has 14 heavy (non-hydrogen) atoms. The van der Waals surface area contributed by atoms with Gasteiger partial charge in [0, 0.05) is 5.88 Å². The maximum Gasteiger partial charge on any atom is 0.336 e. The van der Waals surface area contributed by atoms with Crippen molar-refractivity contribution in [1.29, 1.82) is 5.26 Å². The average Bonchev–Trinajstić information content (AvgIpc) is 2.16. The Morgan fingerprint density at radius 1 is 1.64 bits per heavy atom. The minimum absolute atomic E-state index is 0.0325. The van der Waals surface area contributed by atoms with E-state index in [1.165, 1.54) is 6.07 Å². The van der Waals surface area contributed by atoms with Gasteiger partial charge in [0.05, 0.1) is 17.2 Å². The summed E-state index contributed by atoms with van der Waals surface area (Å²) >= 11 is 5.60. The molecule has 0 bridgehead atoms. The number of hydrogen-bond donors (Lipinski definition) is 1. The molecule has 0 spiro atoms. The number of aryl methyl sites for hydroxylation is 1. The topological polar surface area (TPSA) is 61.1 Å². The van der Waals surface area contributed by atoms with Gasteiger partial charge in [0.25, 0.3) is 0 Å². The lowest BCUT2D eigenvalue weighted by atomic mass is 10.00. The van der Waals surface area contributed by atoms with E-state index >= 15 is 0 Å².